The Labute approximate surface area is 243 Å². The fraction of sp³-hybridized carbons (Fsp3) is 0.774. The van der Waals surface area contributed by atoms with Crippen LogP contribution >= 0.6 is 11.6 Å². The maximum atomic E-state index is 12.2. The van der Waals surface area contributed by atoms with E-state index in [2.05, 4.69) is 18.7 Å². The average Bonchev–Trinajstić information content (AvgIpc) is 3.87. The summed E-state index contributed by atoms with van der Waals surface area (Å²) in [5.74, 6) is 1.15. The number of likely N-dealkylation sites (tertiary alicyclic amines) is 1. The number of rotatable bonds is 6. The fourth-order valence-corrected chi connectivity index (χ4v) is 6.35. The molecule has 5 nitrogen and oxygen atoms in total. The van der Waals surface area contributed by atoms with Crippen LogP contribution in [0.3, 0.4) is 0 Å². The lowest BCUT2D eigenvalue weighted by molar-refractivity contribution is -0.133. The lowest BCUT2D eigenvalue weighted by Crippen LogP contribution is -2.42. The highest BCUT2D eigenvalue weighted by Crippen LogP contribution is 2.37. The molecule has 0 radical (unpaired) electrons. The van der Waals surface area contributed by atoms with Crippen molar-refractivity contribution in [3.63, 3.8) is 0 Å². The van der Waals surface area contributed by atoms with Crippen LogP contribution in [0.4, 0.5) is 4.39 Å². The summed E-state index contributed by atoms with van der Waals surface area (Å²) in [5, 5.41) is 0.553. The summed E-state index contributed by atoms with van der Waals surface area (Å²) < 4.78 is 35.4. The Morgan fingerprint density at radius 3 is 1.85 bits per heavy atom. The van der Waals surface area contributed by atoms with Gasteiger partial charge in [-0.1, -0.05) is 71.4 Å². The van der Waals surface area contributed by atoms with Crippen LogP contribution in [0.1, 0.15) is 111 Å². The lowest BCUT2D eigenvalue weighted by Gasteiger charge is -2.39. The second-order valence-electron chi connectivity index (χ2n) is 11.1. The maximum Gasteiger partial charge on any atom is 0.243 e. The van der Waals surface area contributed by atoms with Crippen LogP contribution in [0.2, 0.25) is 5.02 Å². The summed E-state index contributed by atoms with van der Waals surface area (Å²) in [7, 11) is -2.80. The van der Waals surface area contributed by atoms with Gasteiger partial charge in [0.05, 0.1) is 12.1 Å². The van der Waals surface area contributed by atoms with Crippen molar-refractivity contribution in [1.82, 2.24) is 9.21 Å². The van der Waals surface area contributed by atoms with Gasteiger partial charge < -0.3 is 4.90 Å². The first kappa shape index (κ1) is 35.8. The number of benzene rings is 1. The largest absolute Gasteiger partial charge is 0.343 e. The highest BCUT2D eigenvalue weighted by atomic mass is 35.5. The molecule has 2 saturated carbocycles. The first-order valence-electron chi connectivity index (χ1n) is 15.1. The summed E-state index contributed by atoms with van der Waals surface area (Å²) in [5.41, 5.74) is 0.505. The van der Waals surface area contributed by atoms with E-state index in [1.54, 1.807) is 28.6 Å². The number of piperidine rings is 2. The number of hydrogen-bond acceptors (Lipinski definition) is 3. The predicted molar refractivity (Wildman–Crippen MR) is 162 cm³/mol. The predicted octanol–water partition coefficient (Wildman–Crippen LogP) is 8.51. The molecule has 8 heteroatoms. The molecule has 1 aromatic rings. The molecule has 1 amide bonds. The van der Waals surface area contributed by atoms with Gasteiger partial charge in [-0.15, -0.1) is 0 Å². The van der Waals surface area contributed by atoms with E-state index in [1.807, 2.05) is 13.8 Å². The molecule has 0 N–H and O–H groups in total. The SMILES string of the molecule is C1CC1.CC.CCCC1(C)CCN(C(=O)CC2CC2)CC1.CF.O=S(=O)(c1ccc(Cl)cc1)N1CCCCC1. The van der Waals surface area contributed by atoms with Crippen molar-refractivity contribution in [2.24, 2.45) is 11.3 Å². The van der Waals surface area contributed by atoms with Crippen molar-refractivity contribution in [3.8, 4) is 0 Å². The molecule has 0 unspecified atom stereocenters. The molecule has 4 fully saturated rings. The van der Waals surface area contributed by atoms with Gasteiger partial charge in [0.15, 0.2) is 0 Å². The highest BCUT2D eigenvalue weighted by molar-refractivity contribution is 7.89. The first-order valence-corrected chi connectivity index (χ1v) is 17.0. The van der Waals surface area contributed by atoms with Gasteiger partial charge in [0.2, 0.25) is 15.9 Å². The normalized spacial score (nSPS) is 19.8. The van der Waals surface area contributed by atoms with Crippen molar-refractivity contribution in [1.29, 1.82) is 0 Å². The first-order chi connectivity index (χ1) is 18.7. The number of sulfonamides is 1. The molecule has 1 aromatic carbocycles. The van der Waals surface area contributed by atoms with Crippen LogP contribution < -0.4 is 0 Å². The second-order valence-corrected chi connectivity index (χ2v) is 13.4. The van der Waals surface area contributed by atoms with E-state index in [4.69, 9.17) is 11.6 Å². The van der Waals surface area contributed by atoms with Crippen LogP contribution in [0.5, 0.6) is 0 Å². The van der Waals surface area contributed by atoms with E-state index in [0.29, 0.717) is 41.5 Å². The summed E-state index contributed by atoms with van der Waals surface area (Å²) >= 11 is 5.74. The van der Waals surface area contributed by atoms with E-state index >= 15 is 0 Å². The maximum absolute atomic E-state index is 12.2. The molecule has 4 aliphatic rings. The van der Waals surface area contributed by atoms with E-state index < -0.39 is 10.0 Å². The Morgan fingerprint density at radius 2 is 1.41 bits per heavy atom. The van der Waals surface area contributed by atoms with E-state index in [1.165, 1.54) is 57.8 Å². The van der Waals surface area contributed by atoms with Crippen molar-refractivity contribution in [2.45, 2.75) is 116 Å². The molecule has 2 saturated heterocycles. The second kappa shape index (κ2) is 19.0. The molecule has 2 heterocycles. The zero-order valence-electron chi connectivity index (χ0n) is 25.2. The van der Waals surface area contributed by atoms with Crippen molar-refractivity contribution in [2.75, 3.05) is 33.4 Å². The zero-order valence-corrected chi connectivity index (χ0v) is 26.8. The monoisotopic (exact) mass is 588 g/mol. The van der Waals surface area contributed by atoms with Gasteiger partial charge in [-0.3, -0.25) is 9.18 Å². The molecule has 39 heavy (non-hydrogen) atoms. The van der Waals surface area contributed by atoms with Crippen LogP contribution in [-0.2, 0) is 14.8 Å². The number of carbonyl (C=O) groups excluding carboxylic acids is 1. The molecule has 0 aromatic heterocycles. The zero-order chi connectivity index (χ0) is 29.3. The van der Waals surface area contributed by atoms with Gasteiger partial charge in [0.25, 0.3) is 0 Å². The minimum absolute atomic E-state index is 0.332. The molecule has 226 valence electrons. The van der Waals surface area contributed by atoms with Crippen molar-refractivity contribution in [3.05, 3.63) is 29.3 Å². The number of amides is 1. The summed E-state index contributed by atoms with van der Waals surface area (Å²) in [6.45, 7) is 11.9. The smallest absolute Gasteiger partial charge is 0.243 e. The van der Waals surface area contributed by atoms with Crippen molar-refractivity contribution >= 4 is 27.5 Å². The Balaban J connectivity index is 0.000000315. The number of hydrogen-bond donors (Lipinski definition) is 0. The highest BCUT2D eigenvalue weighted by Gasteiger charge is 2.33. The van der Waals surface area contributed by atoms with E-state index in [0.717, 1.165) is 44.7 Å². The third kappa shape index (κ3) is 13.8. The Bertz CT molecular complexity index is 888. The third-order valence-corrected chi connectivity index (χ3v) is 9.62. The molecule has 0 bridgehead atoms. The molecule has 0 atom stereocenters. The standard InChI is InChI=1S/C14H25NO.C11H14ClNO2S.C3H6.C2H6.CH3F/c1-3-6-14(2)7-9-15(10-8-14)13(16)11-12-4-5-12;12-10-4-6-11(7-5-10)16(14,15)13-8-2-1-3-9-13;1-2-3-1;2*1-2/h12H,3-11H2,1-2H3;4-7H,1-3,8-9H2;1-3H2;1-2H3;1H3. The van der Waals surface area contributed by atoms with Crippen LogP contribution in [0.25, 0.3) is 0 Å². The Morgan fingerprint density at radius 1 is 0.923 bits per heavy atom. The summed E-state index contributed by atoms with van der Waals surface area (Å²) in [6, 6.07) is 6.34. The average molecular weight is 589 g/mol. The topological polar surface area (TPSA) is 57.7 Å². The number of halogens is 2. The number of nitrogens with zero attached hydrogens (tertiary/aromatic N) is 2. The number of carbonyl (C=O) groups is 1. The minimum Gasteiger partial charge on any atom is -0.343 e. The lowest BCUT2D eigenvalue weighted by atomic mass is 9.77. The Hall–Kier alpha value is -1.18. The molecular weight excluding hydrogens is 535 g/mol. The molecule has 0 spiro atoms. The summed E-state index contributed by atoms with van der Waals surface area (Å²) in [4.78, 5) is 14.4. The summed E-state index contributed by atoms with van der Waals surface area (Å²) in [6.07, 6.45) is 15.9. The van der Waals surface area contributed by atoms with E-state index in [-0.39, 0.29) is 0 Å². The number of alkyl halides is 1. The van der Waals surface area contributed by atoms with Gasteiger partial charge in [-0.2, -0.15) is 4.31 Å². The van der Waals surface area contributed by atoms with Crippen LogP contribution in [0.15, 0.2) is 29.2 Å². The van der Waals surface area contributed by atoms with Gasteiger partial charge in [-0.25, -0.2) is 8.42 Å². The van der Waals surface area contributed by atoms with Gasteiger partial charge >= 0.3 is 0 Å². The Kier molecular flexibility index (Phi) is 17.5. The molecular formula is C31H54ClFN2O3S. The van der Waals surface area contributed by atoms with E-state index in [9.17, 15) is 17.6 Å². The van der Waals surface area contributed by atoms with Crippen LogP contribution in [0, 0.1) is 11.3 Å². The molecule has 2 aliphatic carbocycles. The minimum atomic E-state index is -3.30. The van der Waals surface area contributed by atoms with Crippen molar-refractivity contribution < 1.29 is 17.6 Å². The molecule has 5 rings (SSSR count). The molecule has 2 aliphatic heterocycles. The third-order valence-electron chi connectivity index (χ3n) is 7.46. The van der Waals surface area contributed by atoms with Gasteiger partial charge in [-0.05, 0) is 80.5 Å². The van der Waals surface area contributed by atoms with Gasteiger partial charge in [0.1, 0.15) is 0 Å². The van der Waals surface area contributed by atoms with Crippen LogP contribution in [-0.4, -0.2) is 56.9 Å². The fourth-order valence-electron chi connectivity index (χ4n) is 4.71. The van der Waals surface area contributed by atoms with Gasteiger partial charge in [0, 0.05) is 37.6 Å². The quantitative estimate of drug-likeness (QED) is 0.334.